The first-order valence-corrected chi connectivity index (χ1v) is 5.11. The van der Waals surface area contributed by atoms with Crippen molar-refractivity contribution < 1.29 is 9.18 Å². The zero-order valence-corrected chi connectivity index (χ0v) is 9.59. The number of hydrogen-bond donors (Lipinski definition) is 2. The second-order valence-corrected chi connectivity index (χ2v) is 3.71. The van der Waals surface area contributed by atoms with E-state index in [1.807, 2.05) is 6.92 Å². The second-order valence-electron chi connectivity index (χ2n) is 3.31. The Bertz CT molecular complexity index is 411. The average molecular weight is 246 g/mol. The molecule has 16 heavy (non-hydrogen) atoms. The number of nitrogens with zero attached hydrogens (tertiary/aromatic N) is 1. The number of primary amides is 1. The monoisotopic (exact) mass is 245 g/mol. The first-order chi connectivity index (χ1) is 7.45. The van der Waals surface area contributed by atoms with Gasteiger partial charge in [-0.05, 0) is 13.0 Å². The van der Waals surface area contributed by atoms with Crippen LogP contribution in [0, 0.1) is 5.82 Å². The number of amides is 1. The zero-order valence-electron chi connectivity index (χ0n) is 8.84. The summed E-state index contributed by atoms with van der Waals surface area (Å²) in [7, 11) is 0. The number of hydrogen-bond acceptors (Lipinski definition) is 3. The minimum atomic E-state index is -0.575. The number of nitrogen functional groups attached to an aromatic ring is 1. The summed E-state index contributed by atoms with van der Waals surface area (Å²) in [5.74, 6) is -1.08. The smallest absolute Gasteiger partial charge is 0.236 e. The van der Waals surface area contributed by atoms with E-state index < -0.39 is 11.7 Å². The zero-order chi connectivity index (χ0) is 12.3. The van der Waals surface area contributed by atoms with E-state index in [1.165, 1.54) is 12.1 Å². The van der Waals surface area contributed by atoms with Gasteiger partial charge in [-0.2, -0.15) is 0 Å². The molecule has 0 saturated heterocycles. The molecular formula is C10H13ClFN3O. The SMILES string of the molecule is CCN(CC(N)=O)c1cc(F)c(Cl)cc1N. The van der Waals surface area contributed by atoms with E-state index in [1.54, 1.807) is 4.90 Å². The van der Waals surface area contributed by atoms with Crippen LogP contribution in [0.1, 0.15) is 6.92 Å². The molecule has 0 aliphatic heterocycles. The van der Waals surface area contributed by atoms with Crippen molar-refractivity contribution in [3.8, 4) is 0 Å². The summed E-state index contributed by atoms with van der Waals surface area (Å²) < 4.78 is 13.3. The summed E-state index contributed by atoms with van der Waals surface area (Å²) >= 11 is 5.57. The number of anilines is 2. The number of likely N-dealkylation sites (N-methyl/N-ethyl adjacent to an activating group) is 1. The molecule has 0 saturated carbocycles. The molecule has 0 spiro atoms. The number of rotatable bonds is 4. The topological polar surface area (TPSA) is 72.3 Å². The Kier molecular flexibility index (Phi) is 3.95. The molecule has 4 N–H and O–H groups in total. The van der Waals surface area contributed by atoms with E-state index in [9.17, 15) is 9.18 Å². The molecule has 0 heterocycles. The molecule has 0 bridgehead atoms. The van der Waals surface area contributed by atoms with Crippen molar-refractivity contribution in [1.29, 1.82) is 0 Å². The van der Waals surface area contributed by atoms with Gasteiger partial charge in [-0.1, -0.05) is 11.6 Å². The van der Waals surface area contributed by atoms with Gasteiger partial charge in [-0.15, -0.1) is 0 Å². The summed E-state index contributed by atoms with van der Waals surface area (Å²) in [6.07, 6.45) is 0. The van der Waals surface area contributed by atoms with E-state index in [4.69, 9.17) is 23.1 Å². The standard InChI is InChI=1S/C10H13ClFN3O/c1-2-15(5-10(14)16)9-4-7(12)6(11)3-8(9)13/h3-4H,2,5,13H2,1H3,(H2,14,16). The van der Waals surface area contributed by atoms with Crippen LogP contribution in [-0.2, 0) is 4.79 Å². The van der Waals surface area contributed by atoms with E-state index >= 15 is 0 Å². The predicted molar refractivity (Wildman–Crippen MR) is 62.9 cm³/mol. The number of carbonyl (C=O) groups is 1. The summed E-state index contributed by atoms with van der Waals surface area (Å²) in [5, 5.41) is -0.0450. The molecule has 0 fully saturated rings. The maximum Gasteiger partial charge on any atom is 0.236 e. The Morgan fingerprint density at radius 3 is 2.69 bits per heavy atom. The average Bonchev–Trinajstić information content (AvgIpc) is 2.20. The Morgan fingerprint density at radius 2 is 2.19 bits per heavy atom. The second kappa shape index (κ2) is 5.03. The number of benzene rings is 1. The van der Waals surface area contributed by atoms with Gasteiger partial charge in [0.25, 0.3) is 0 Å². The van der Waals surface area contributed by atoms with Gasteiger partial charge in [0.2, 0.25) is 5.91 Å². The summed E-state index contributed by atoms with van der Waals surface area (Å²) in [6, 6.07) is 2.51. The molecule has 0 aliphatic rings. The molecule has 0 radical (unpaired) electrons. The van der Waals surface area contributed by atoms with Gasteiger partial charge in [0.05, 0.1) is 22.9 Å². The highest BCUT2D eigenvalue weighted by molar-refractivity contribution is 6.31. The van der Waals surface area contributed by atoms with Gasteiger partial charge >= 0.3 is 0 Å². The highest BCUT2D eigenvalue weighted by atomic mass is 35.5. The van der Waals surface area contributed by atoms with Crippen LogP contribution in [0.5, 0.6) is 0 Å². The first-order valence-electron chi connectivity index (χ1n) is 4.73. The highest BCUT2D eigenvalue weighted by Gasteiger charge is 2.13. The van der Waals surface area contributed by atoms with Gasteiger partial charge in [-0.3, -0.25) is 4.79 Å². The Morgan fingerprint density at radius 1 is 1.56 bits per heavy atom. The lowest BCUT2D eigenvalue weighted by atomic mass is 10.2. The Balaban J connectivity index is 3.09. The number of halogens is 2. The lowest BCUT2D eigenvalue weighted by molar-refractivity contribution is -0.116. The van der Waals surface area contributed by atoms with Gasteiger partial charge in [0.15, 0.2) is 0 Å². The lowest BCUT2D eigenvalue weighted by Gasteiger charge is -2.23. The van der Waals surface area contributed by atoms with Crippen LogP contribution >= 0.6 is 11.6 Å². The van der Waals surface area contributed by atoms with E-state index in [-0.39, 0.29) is 11.6 Å². The van der Waals surface area contributed by atoms with Crippen LogP contribution < -0.4 is 16.4 Å². The molecule has 88 valence electrons. The third-order valence-corrected chi connectivity index (χ3v) is 2.43. The van der Waals surface area contributed by atoms with Crippen LogP contribution in [-0.4, -0.2) is 19.0 Å². The molecule has 0 atom stereocenters. The third kappa shape index (κ3) is 2.76. The maximum atomic E-state index is 13.3. The largest absolute Gasteiger partial charge is 0.397 e. The fourth-order valence-corrected chi connectivity index (χ4v) is 1.55. The molecular weight excluding hydrogens is 233 g/mol. The van der Waals surface area contributed by atoms with Crippen molar-refractivity contribution in [1.82, 2.24) is 0 Å². The summed E-state index contributed by atoms with van der Waals surface area (Å²) in [5.41, 5.74) is 11.5. The van der Waals surface area contributed by atoms with Gasteiger partial charge in [0, 0.05) is 12.6 Å². The molecule has 0 aliphatic carbocycles. The van der Waals surface area contributed by atoms with Crippen molar-refractivity contribution in [3.05, 3.63) is 23.0 Å². The van der Waals surface area contributed by atoms with E-state index in [0.717, 1.165) is 0 Å². The van der Waals surface area contributed by atoms with Crippen molar-refractivity contribution in [2.75, 3.05) is 23.7 Å². The van der Waals surface area contributed by atoms with Crippen molar-refractivity contribution in [3.63, 3.8) is 0 Å². The minimum Gasteiger partial charge on any atom is -0.397 e. The highest BCUT2D eigenvalue weighted by Crippen LogP contribution is 2.28. The lowest BCUT2D eigenvalue weighted by Crippen LogP contribution is -2.34. The van der Waals surface area contributed by atoms with Crippen molar-refractivity contribution in [2.24, 2.45) is 5.73 Å². The minimum absolute atomic E-state index is 0.0121. The normalized spacial score (nSPS) is 10.2. The summed E-state index contributed by atoms with van der Waals surface area (Å²) in [6.45, 7) is 2.30. The maximum absolute atomic E-state index is 13.3. The molecule has 1 aromatic carbocycles. The fourth-order valence-electron chi connectivity index (χ4n) is 1.38. The van der Waals surface area contributed by atoms with Crippen molar-refractivity contribution >= 4 is 28.9 Å². The van der Waals surface area contributed by atoms with Crippen LogP contribution in [0.2, 0.25) is 5.02 Å². The molecule has 0 unspecified atom stereocenters. The number of carbonyl (C=O) groups excluding carboxylic acids is 1. The third-order valence-electron chi connectivity index (χ3n) is 2.14. The van der Waals surface area contributed by atoms with Crippen molar-refractivity contribution in [2.45, 2.75) is 6.92 Å². The first kappa shape index (κ1) is 12.6. The molecule has 6 heteroatoms. The Hall–Kier alpha value is -1.49. The van der Waals surface area contributed by atoms with E-state index in [0.29, 0.717) is 17.9 Å². The van der Waals surface area contributed by atoms with Crippen LogP contribution in [0.4, 0.5) is 15.8 Å². The predicted octanol–water partition coefficient (Wildman–Crippen LogP) is 1.37. The molecule has 1 amide bonds. The van der Waals surface area contributed by atoms with Crippen LogP contribution in [0.25, 0.3) is 0 Å². The molecule has 0 aromatic heterocycles. The van der Waals surface area contributed by atoms with Crippen LogP contribution in [0.15, 0.2) is 12.1 Å². The number of nitrogens with two attached hydrogens (primary N) is 2. The van der Waals surface area contributed by atoms with E-state index in [2.05, 4.69) is 0 Å². The Labute approximate surface area is 98.0 Å². The molecule has 1 aromatic rings. The van der Waals surface area contributed by atoms with Crippen LogP contribution in [0.3, 0.4) is 0 Å². The molecule has 1 rings (SSSR count). The summed E-state index contributed by atoms with van der Waals surface area (Å²) in [4.78, 5) is 12.4. The van der Waals surface area contributed by atoms with Gasteiger partial charge in [-0.25, -0.2) is 4.39 Å². The van der Waals surface area contributed by atoms with Gasteiger partial charge in [0.1, 0.15) is 5.82 Å². The van der Waals surface area contributed by atoms with Gasteiger partial charge < -0.3 is 16.4 Å². The quantitative estimate of drug-likeness (QED) is 0.787. The molecule has 4 nitrogen and oxygen atoms in total. The fraction of sp³-hybridized carbons (Fsp3) is 0.300.